The van der Waals surface area contributed by atoms with Crippen LogP contribution in [0.15, 0.2) is 0 Å². The average Bonchev–Trinajstić information content (AvgIpc) is 2.14. The number of hydrogen-bond acceptors (Lipinski definition) is 3. The van der Waals surface area contributed by atoms with Crippen molar-refractivity contribution in [2.45, 2.75) is 31.6 Å². The summed E-state index contributed by atoms with van der Waals surface area (Å²) in [6.07, 6.45) is 1.27. The van der Waals surface area contributed by atoms with Gasteiger partial charge in [0.1, 0.15) is 0 Å². The van der Waals surface area contributed by atoms with Crippen LogP contribution in [0, 0.1) is 0 Å². The molecule has 13 heavy (non-hydrogen) atoms. The van der Waals surface area contributed by atoms with Crippen molar-refractivity contribution in [2.24, 2.45) is 0 Å². The van der Waals surface area contributed by atoms with Crippen LogP contribution in [0.25, 0.3) is 0 Å². The predicted molar refractivity (Wildman–Crippen MR) is 61.5 cm³/mol. The van der Waals surface area contributed by atoms with Crippen LogP contribution >= 0.6 is 11.8 Å². The Bertz CT molecular complexity index is 141. The molecule has 1 rings (SSSR count). The van der Waals surface area contributed by atoms with Crippen molar-refractivity contribution in [1.29, 1.82) is 0 Å². The molecular weight excluding hydrogens is 180 g/mol. The zero-order valence-corrected chi connectivity index (χ0v) is 9.86. The van der Waals surface area contributed by atoms with E-state index in [0.29, 0.717) is 0 Å². The summed E-state index contributed by atoms with van der Waals surface area (Å²) in [5.41, 5.74) is 0. The Kier molecular flexibility index (Phi) is 5.14. The van der Waals surface area contributed by atoms with Gasteiger partial charge in [0.25, 0.3) is 0 Å². The fourth-order valence-corrected chi connectivity index (χ4v) is 2.82. The van der Waals surface area contributed by atoms with Crippen molar-refractivity contribution in [1.82, 2.24) is 10.2 Å². The van der Waals surface area contributed by atoms with Crippen LogP contribution in [-0.4, -0.2) is 48.6 Å². The molecule has 2 nitrogen and oxygen atoms in total. The first-order valence-electron chi connectivity index (χ1n) is 5.24. The van der Waals surface area contributed by atoms with Crippen molar-refractivity contribution < 1.29 is 0 Å². The molecular formula is C10H22N2S. The van der Waals surface area contributed by atoms with E-state index < -0.39 is 0 Å². The lowest BCUT2D eigenvalue weighted by molar-refractivity contribution is 0.208. The Morgan fingerprint density at radius 2 is 2.38 bits per heavy atom. The summed E-state index contributed by atoms with van der Waals surface area (Å²) >= 11 is 2.11. The maximum atomic E-state index is 3.22. The van der Waals surface area contributed by atoms with E-state index in [0.717, 1.165) is 17.8 Å². The van der Waals surface area contributed by atoms with Crippen LogP contribution < -0.4 is 5.32 Å². The molecule has 1 N–H and O–H groups in total. The van der Waals surface area contributed by atoms with Crippen LogP contribution in [0.3, 0.4) is 0 Å². The minimum absolute atomic E-state index is 0.746. The molecule has 1 saturated heterocycles. The summed E-state index contributed by atoms with van der Waals surface area (Å²) in [4.78, 5) is 2.62. The highest BCUT2D eigenvalue weighted by molar-refractivity contribution is 7.99. The van der Waals surface area contributed by atoms with Crippen molar-refractivity contribution in [3.63, 3.8) is 0 Å². The molecule has 78 valence electrons. The first kappa shape index (κ1) is 11.3. The van der Waals surface area contributed by atoms with Gasteiger partial charge in [0.05, 0.1) is 0 Å². The van der Waals surface area contributed by atoms with E-state index in [1.54, 1.807) is 0 Å². The van der Waals surface area contributed by atoms with Crippen LogP contribution in [-0.2, 0) is 0 Å². The maximum absolute atomic E-state index is 3.22. The van der Waals surface area contributed by atoms with Crippen molar-refractivity contribution in [3.8, 4) is 0 Å². The molecule has 0 aliphatic carbocycles. The van der Waals surface area contributed by atoms with Crippen LogP contribution in [0.2, 0.25) is 0 Å². The molecule has 0 saturated carbocycles. The molecule has 0 aromatic rings. The zero-order valence-electron chi connectivity index (χ0n) is 9.05. The van der Waals surface area contributed by atoms with E-state index >= 15 is 0 Å². The molecule has 0 spiro atoms. The van der Waals surface area contributed by atoms with Gasteiger partial charge in [-0.1, -0.05) is 6.92 Å². The molecule has 0 radical (unpaired) electrons. The SMILES string of the molecule is CNCCC(C)N1CCSC(C)C1. The first-order chi connectivity index (χ1) is 6.24. The highest BCUT2D eigenvalue weighted by Gasteiger charge is 2.20. The van der Waals surface area contributed by atoms with Gasteiger partial charge in [-0.15, -0.1) is 0 Å². The summed E-state index contributed by atoms with van der Waals surface area (Å²) in [7, 11) is 2.03. The first-order valence-corrected chi connectivity index (χ1v) is 6.29. The summed E-state index contributed by atoms with van der Waals surface area (Å²) in [5.74, 6) is 1.31. The smallest absolute Gasteiger partial charge is 0.0147 e. The van der Waals surface area contributed by atoms with Gasteiger partial charge in [0.2, 0.25) is 0 Å². The van der Waals surface area contributed by atoms with Crippen LogP contribution in [0.5, 0.6) is 0 Å². The minimum Gasteiger partial charge on any atom is -0.320 e. The number of hydrogen-bond donors (Lipinski definition) is 1. The molecule has 1 fully saturated rings. The third-order valence-electron chi connectivity index (χ3n) is 2.71. The van der Waals surface area contributed by atoms with Gasteiger partial charge in [0.15, 0.2) is 0 Å². The topological polar surface area (TPSA) is 15.3 Å². The third kappa shape index (κ3) is 3.88. The largest absolute Gasteiger partial charge is 0.320 e. The number of thioether (sulfide) groups is 1. The van der Waals surface area contributed by atoms with Gasteiger partial charge in [-0.3, -0.25) is 4.90 Å². The Balaban J connectivity index is 2.24. The Labute approximate surface area is 86.5 Å². The number of nitrogens with zero attached hydrogens (tertiary/aromatic N) is 1. The standard InChI is InChI=1S/C10H22N2S/c1-9(4-5-11-3)12-6-7-13-10(2)8-12/h9-11H,4-8H2,1-3H3. The second kappa shape index (κ2) is 5.89. The fourth-order valence-electron chi connectivity index (χ4n) is 1.78. The molecule has 0 amide bonds. The zero-order chi connectivity index (χ0) is 9.68. The summed E-state index contributed by atoms with van der Waals surface area (Å²) in [6.45, 7) is 8.37. The monoisotopic (exact) mass is 202 g/mol. The van der Waals surface area contributed by atoms with Crippen LogP contribution in [0.4, 0.5) is 0 Å². The molecule has 1 aliphatic heterocycles. The highest BCUT2D eigenvalue weighted by atomic mass is 32.2. The lowest BCUT2D eigenvalue weighted by Gasteiger charge is -2.35. The van der Waals surface area contributed by atoms with Crippen LogP contribution in [0.1, 0.15) is 20.3 Å². The van der Waals surface area contributed by atoms with Gasteiger partial charge in [0, 0.05) is 30.1 Å². The normalized spacial score (nSPS) is 27.5. The molecule has 0 aromatic heterocycles. The molecule has 1 heterocycles. The fraction of sp³-hybridized carbons (Fsp3) is 1.00. The Morgan fingerprint density at radius 3 is 3.00 bits per heavy atom. The van der Waals surface area contributed by atoms with E-state index in [1.807, 2.05) is 7.05 Å². The Hall–Kier alpha value is 0.270. The van der Waals surface area contributed by atoms with E-state index in [1.165, 1.54) is 25.3 Å². The third-order valence-corrected chi connectivity index (χ3v) is 3.84. The molecule has 0 aromatic carbocycles. The second-order valence-corrected chi connectivity index (χ2v) is 5.46. The van der Waals surface area contributed by atoms with Gasteiger partial charge in [-0.25, -0.2) is 0 Å². The van der Waals surface area contributed by atoms with Gasteiger partial charge in [-0.2, -0.15) is 11.8 Å². The van der Waals surface area contributed by atoms with E-state index in [-0.39, 0.29) is 0 Å². The quantitative estimate of drug-likeness (QED) is 0.742. The van der Waals surface area contributed by atoms with E-state index in [9.17, 15) is 0 Å². The second-order valence-electron chi connectivity index (χ2n) is 3.92. The molecule has 2 unspecified atom stereocenters. The van der Waals surface area contributed by atoms with E-state index in [4.69, 9.17) is 0 Å². The summed E-state index contributed by atoms with van der Waals surface area (Å²) < 4.78 is 0. The van der Waals surface area contributed by atoms with Crippen molar-refractivity contribution in [2.75, 3.05) is 32.4 Å². The molecule has 2 atom stereocenters. The minimum atomic E-state index is 0.746. The van der Waals surface area contributed by atoms with Gasteiger partial charge < -0.3 is 5.32 Å². The highest BCUT2D eigenvalue weighted by Crippen LogP contribution is 2.20. The average molecular weight is 202 g/mol. The van der Waals surface area contributed by atoms with Gasteiger partial charge >= 0.3 is 0 Å². The summed E-state index contributed by atoms with van der Waals surface area (Å²) in [6, 6.07) is 0.746. The number of nitrogens with one attached hydrogen (secondary N) is 1. The lowest BCUT2D eigenvalue weighted by atomic mass is 10.2. The van der Waals surface area contributed by atoms with E-state index in [2.05, 4.69) is 35.8 Å². The maximum Gasteiger partial charge on any atom is 0.0147 e. The van der Waals surface area contributed by atoms with Crippen molar-refractivity contribution >= 4 is 11.8 Å². The predicted octanol–water partition coefficient (Wildman–Crippen LogP) is 1.42. The van der Waals surface area contributed by atoms with Crippen molar-refractivity contribution in [3.05, 3.63) is 0 Å². The molecule has 0 bridgehead atoms. The number of rotatable bonds is 4. The molecule has 3 heteroatoms. The molecule has 1 aliphatic rings. The summed E-state index contributed by atoms with van der Waals surface area (Å²) in [5, 5.41) is 4.04. The van der Waals surface area contributed by atoms with Gasteiger partial charge in [-0.05, 0) is 26.9 Å². The Morgan fingerprint density at radius 1 is 1.62 bits per heavy atom. The lowest BCUT2D eigenvalue weighted by Crippen LogP contribution is -2.43.